The Hall–Kier alpha value is -1.13. The fourth-order valence-electron chi connectivity index (χ4n) is 1.74. The van der Waals surface area contributed by atoms with Crippen LogP contribution in [0.2, 0.25) is 0 Å². The van der Waals surface area contributed by atoms with Crippen LogP contribution in [-0.4, -0.2) is 32.3 Å². The molecule has 1 rings (SSSR count). The van der Waals surface area contributed by atoms with E-state index in [-0.39, 0.29) is 0 Å². The van der Waals surface area contributed by atoms with Gasteiger partial charge in [0.1, 0.15) is 0 Å². The summed E-state index contributed by atoms with van der Waals surface area (Å²) in [6, 6.07) is 8.53. The highest BCUT2D eigenvalue weighted by Crippen LogP contribution is 2.11. The van der Waals surface area contributed by atoms with Gasteiger partial charge in [0.15, 0.2) is 5.11 Å². The molecule has 19 heavy (non-hydrogen) atoms. The molecule has 0 amide bonds. The Balaban J connectivity index is 2.33. The monoisotopic (exact) mass is 280 g/mol. The van der Waals surface area contributed by atoms with Crippen LogP contribution >= 0.6 is 12.2 Å². The Kier molecular flexibility index (Phi) is 7.45. The van der Waals surface area contributed by atoms with Gasteiger partial charge in [-0.05, 0) is 42.8 Å². The number of nitrogens with one attached hydrogen (secondary N) is 3. The first-order valence-corrected chi connectivity index (χ1v) is 7.45. The average molecular weight is 280 g/mol. The van der Waals surface area contributed by atoms with Crippen molar-refractivity contribution < 1.29 is 4.90 Å². The van der Waals surface area contributed by atoms with E-state index in [2.05, 4.69) is 55.9 Å². The summed E-state index contributed by atoms with van der Waals surface area (Å²) in [5, 5.41) is 7.12. The molecule has 1 aromatic rings. The first-order valence-electron chi connectivity index (χ1n) is 7.04. The van der Waals surface area contributed by atoms with Crippen molar-refractivity contribution in [3.05, 3.63) is 29.8 Å². The van der Waals surface area contributed by atoms with Crippen molar-refractivity contribution in [2.45, 2.75) is 26.2 Å². The number of likely N-dealkylation sites (N-methyl/N-ethyl adjacent to an activating group) is 1. The maximum absolute atomic E-state index is 5.26. The van der Waals surface area contributed by atoms with Gasteiger partial charge in [0.2, 0.25) is 0 Å². The van der Waals surface area contributed by atoms with Gasteiger partial charge in [-0.2, -0.15) is 0 Å². The fraction of sp³-hybridized carbons (Fsp3) is 0.533. The summed E-state index contributed by atoms with van der Waals surface area (Å²) in [6.45, 7) is 4.16. The molecule has 0 saturated heterocycles. The van der Waals surface area contributed by atoms with Gasteiger partial charge in [-0.15, -0.1) is 0 Å². The molecule has 0 heterocycles. The van der Waals surface area contributed by atoms with Crippen LogP contribution in [-0.2, 0) is 6.42 Å². The van der Waals surface area contributed by atoms with Gasteiger partial charge in [0.25, 0.3) is 0 Å². The highest BCUT2D eigenvalue weighted by atomic mass is 32.1. The molecule has 1 aromatic carbocycles. The number of quaternary nitrogens is 1. The molecule has 0 radical (unpaired) electrons. The van der Waals surface area contributed by atoms with E-state index in [4.69, 9.17) is 12.2 Å². The van der Waals surface area contributed by atoms with E-state index in [9.17, 15) is 0 Å². The normalized spacial score (nSPS) is 10.5. The van der Waals surface area contributed by atoms with E-state index in [1.54, 1.807) is 0 Å². The van der Waals surface area contributed by atoms with Gasteiger partial charge in [0, 0.05) is 5.69 Å². The van der Waals surface area contributed by atoms with Crippen LogP contribution in [0.25, 0.3) is 0 Å². The number of rotatable bonds is 7. The molecule has 0 atom stereocenters. The lowest BCUT2D eigenvalue weighted by molar-refractivity contribution is -0.856. The zero-order valence-corrected chi connectivity index (χ0v) is 13.1. The maximum Gasteiger partial charge on any atom is 0.170 e. The Morgan fingerprint density at radius 1 is 1.21 bits per heavy atom. The van der Waals surface area contributed by atoms with Gasteiger partial charge in [-0.25, -0.2) is 0 Å². The quantitative estimate of drug-likeness (QED) is 0.661. The van der Waals surface area contributed by atoms with Crippen molar-refractivity contribution in [2.75, 3.05) is 32.5 Å². The predicted octanol–water partition coefficient (Wildman–Crippen LogP) is 1.46. The molecule has 0 spiro atoms. The molecule has 3 nitrogen and oxygen atoms in total. The minimum absolute atomic E-state index is 0.697. The van der Waals surface area contributed by atoms with E-state index in [0.717, 1.165) is 25.2 Å². The topological polar surface area (TPSA) is 28.5 Å². The van der Waals surface area contributed by atoms with Crippen LogP contribution < -0.4 is 15.5 Å². The summed E-state index contributed by atoms with van der Waals surface area (Å²) >= 11 is 5.26. The molecule has 0 aromatic heterocycles. The standard InChI is InChI=1S/C15H25N3S/c1-4-5-6-13-7-9-14(10-8-13)17-15(19)16-11-12-18(2)3/h7-10H,4-6,11-12H2,1-3H3,(H2,16,17,19)/p+1. The van der Waals surface area contributed by atoms with Crippen LogP contribution in [0.5, 0.6) is 0 Å². The third-order valence-electron chi connectivity index (χ3n) is 2.94. The Labute approximate surface area is 122 Å². The van der Waals surface area contributed by atoms with E-state index in [1.165, 1.54) is 23.3 Å². The molecular weight excluding hydrogens is 254 g/mol. The van der Waals surface area contributed by atoms with Gasteiger partial charge < -0.3 is 15.5 Å². The van der Waals surface area contributed by atoms with Gasteiger partial charge in [-0.1, -0.05) is 25.5 Å². The summed E-state index contributed by atoms with van der Waals surface area (Å²) in [6.07, 6.45) is 3.65. The van der Waals surface area contributed by atoms with Crippen molar-refractivity contribution in [3.63, 3.8) is 0 Å². The van der Waals surface area contributed by atoms with Crippen molar-refractivity contribution >= 4 is 23.0 Å². The van der Waals surface area contributed by atoms with Gasteiger partial charge >= 0.3 is 0 Å². The highest BCUT2D eigenvalue weighted by Gasteiger charge is 1.99. The summed E-state index contributed by atoms with van der Waals surface area (Å²) in [5.74, 6) is 0. The van der Waals surface area contributed by atoms with Gasteiger partial charge in [0.05, 0.1) is 27.2 Å². The van der Waals surface area contributed by atoms with E-state index in [1.807, 2.05) is 0 Å². The summed E-state index contributed by atoms with van der Waals surface area (Å²) in [4.78, 5) is 1.41. The molecular formula is C15H26N3S+. The lowest BCUT2D eigenvalue weighted by Crippen LogP contribution is -3.06. The number of unbranched alkanes of at least 4 members (excludes halogenated alkanes) is 1. The second kappa shape index (κ2) is 8.88. The number of anilines is 1. The third kappa shape index (κ3) is 7.13. The first-order chi connectivity index (χ1) is 9.11. The summed E-state index contributed by atoms with van der Waals surface area (Å²) < 4.78 is 0. The number of hydrogen-bond donors (Lipinski definition) is 3. The SMILES string of the molecule is CCCCc1ccc(NC(=S)NCC[NH+](C)C)cc1. The zero-order chi connectivity index (χ0) is 14.1. The van der Waals surface area contributed by atoms with Crippen LogP contribution in [0.4, 0.5) is 5.69 Å². The van der Waals surface area contributed by atoms with E-state index in [0.29, 0.717) is 5.11 Å². The molecule has 4 heteroatoms. The Bertz CT molecular complexity index is 373. The largest absolute Gasteiger partial charge is 0.357 e. The van der Waals surface area contributed by atoms with Crippen molar-refractivity contribution in [3.8, 4) is 0 Å². The number of thiocarbonyl (C=S) groups is 1. The van der Waals surface area contributed by atoms with Gasteiger partial charge in [-0.3, -0.25) is 0 Å². The van der Waals surface area contributed by atoms with Crippen molar-refractivity contribution in [2.24, 2.45) is 0 Å². The first kappa shape index (κ1) is 15.9. The third-order valence-corrected chi connectivity index (χ3v) is 3.19. The molecule has 0 bridgehead atoms. The van der Waals surface area contributed by atoms with Crippen molar-refractivity contribution in [1.82, 2.24) is 5.32 Å². The van der Waals surface area contributed by atoms with Crippen LogP contribution in [0.1, 0.15) is 25.3 Å². The maximum atomic E-state index is 5.26. The molecule has 106 valence electrons. The summed E-state index contributed by atoms with van der Waals surface area (Å²) in [7, 11) is 4.26. The highest BCUT2D eigenvalue weighted by molar-refractivity contribution is 7.80. The zero-order valence-electron chi connectivity index (χ0n) is 12.3. The lowest BCUT2D eigenvalue weighted by Gasteiger charge is -2.12. The molecule has 0 aliphatic heterocycles. The molecule has 0 unspecified atom stereocenters. The smallest absolute Gasteiger partial charge is 0.170 e. The molecule has 3 N–H and O–H groups in total. The van der Waals surface area contributed by atoms with E-state index < -0.39 is 0 Å². The average Bonchev–Trinajstić information content (AvgIpc) is 2.37. The van der Waals surface area contributed by atoms with Crippen LogP contribution in [0.15, 0.2) is 24.3 Å². The molecule has 0 saturated carbocycles. The Morgan fingerprint density at radius 2 is 1.89 bits per heavy atom. The number of aryl methyl sites for hydroxylation is 1. The summed E-state index contributed by atoms with van der Waals surface area (Å²) in [5.41, 5.74) is 2.44. The minimum atomic E-state index is 0.697. The minimum Gasteiger partial charge on any atom is -0.357 e. The number of benzene rings is 1. The van der Waals surface area contributed by atoms with Crippen LogP contribution in [0, 0.1) is 0 Å². The Morgan fingerprint density at radius 3 is 2.47 bits per heavy atom. The fourth-order valence-corrected chi connectivity index (χ4v) is 1.96. The molecule has 0 aliphatic rings. The second-order valence-electron chi connectivity index (χ2n) is 5.14. The van der Waals surface area contributed by atoms with Crippen molar-refractivity contribution in [1.29, 1.82) is 0 Å². The molecule has 0 fully saturated rings. The number of hydrogen-bond acceptors (Lipinski definition) is 1. The van der Waals surface area contributed by atoms with Crippen LogP contribution in [0.3, 0.4) is 0 Å². The lowest BCUT2D eigenvalue weighted by atomic mass is 10.1. The molecule has 0 aliphatic carbocycles. The second-order valence-corrected chi connectivity index (χ2v) is 5.55. The van der Waals surface area contributed by atoms with E-state index >= 15 is 0 Å². The predicted molar refractivity (Wildman–Crippen MR) is 87.0 cm³/mol.